The Morgan fingerprint density at radius 1 is 1.21 bits per heavy atom. The number of piperidine rings is 1. The lowest BCUT2D eigenvalue weighted by Crippen LogP contribution is -2.34. The van der Waals surface area contributed by atoms with Gasteiger partial charge in [0.2, 0.25) is 5.91 Å². The molecule has 3 aromatic rings. The predicted molar refractivity (Wildman–Crippen MR) is 116 cm³/mol. The minimum Gasteiger partial charge on any atom is -0.361 e. The number of amides is 1. The van der Waals surface area contributed by atoms with Gasteiger partial charge in [-0.05, 0) is 92.2 Å². The molecule has 0 unspecified atom stereocenters. The number of benzene rings is 2. The molecule has 1 aliphatic rings. The van der Waals surface area contributed by atoms with Crippen molar-refractivity contribution in [2.45, 2.75) is 39.0 Å². The third kappa shape index (κ3) is 4.51. The van der Waals surface area contributed by atoms with Crippen molar-refractivity contribution < 1.29 is 9.18 Å². The summed E-state index contributed by atoms with van der Waals surface area (Å²) in [7, 11) is 0. The van der Waals surface area contributed by atoms with Gasteiger partial charge in [-0.2, -0.15) is 0 Å². The zero-order chi connectivity index (χ0) is 20.4. The number of nitrogens with zero attached hydrogens (tertiary/aromatic N) is 1. The molecule has 4 nitrogen and oxygen atoms in total. The van der Waals surface area contributed by atoms with Gasteiger partial charge >= 0.3 is 0 Å². The number of carbonyl (C=O) groups is 1. The Balaban J connectivity index is 1.36. The van der Waals surface area contributed by atoms with E-state index in [-0.39, 0.29) is 11.7 Å². The Morgan fingerprint density at radius 3 is 2.76 bits per heavy atom. The highest BCUT2D eigenvalue weighted by Crippen LogP contribution is 2.33. The Kier molecular flexibility index (Phi) is 5.67. The molecule has 29 heavy (non-hydrogen) atoms. The van der Waals surface area contributed by atoms with E-state index < -0.39 is 0 Å². The van der Waals surface area contributed by atoms with E-state index in [1.54, 1.807) is 6.07 Å². The van der Waals surface area contributed by atoms with Crippen LogP contribution in [-0.4, -0.2) is 35.4 Å². The lowest BCUT2D eigenvalue weighted by molar-refractivity contribution is -0.114. The second-order valence-corrected chi connectivity index (χ2v) is 8.12. The number of hydrogen-bond donors (Lipinski definition) is 2. The second-order valence-electron chi connectivity index (χ2n) is 8.12. The number of nitrogens with one attached hydrogen (secondary N) is 2. The molecule has 0 atom stereocenters. The summed E-state index contributed by atoms with van der Waals surface area (Å²) in [5.74, 6) is 0.262. The number of halogens is 1. The normalized spacial score (nSPS) is 15.7. The van der Waals surface area contributed by atoms with Crippen molar-refractivity contribution in [2.75, 3.05) is 25.0 Å². The van der Waals surface area contributed by atoms with Crippen LogP contribution in [0.15, 0.2) is 42.6 Å². The highest BCUT2D eigenvalue weighted by Gasteiger charge is 2.23. The van der Waals surface area contributed by atoms with Crippen LogP contribution in [0.25, 0.3) is 10.9 Å². The quantitative estimate of drug-likeness (QED) is 0.641. The Bertz CT molecular complexity index is 1020. The molecule has 0 spiro atoms. The lowest BCUT2D eigenvalue weighted by atomic mass is 9.89. The summed E-state index contributed by atoms with van der Waals surface area (Å²) in [6, 6.07) is 11.1. The first-order valence-electron chi connectivity index (χ1n) is 10.4. The van der Waals surface area contributed by atoms with Crippen LogP contribution in [0.2, 0.25) is 0 Å². The maximum absolute atomic E-state index is 13.7. The fourth-order valence-corrected chi connectivity index (χ4v) is 4.42. The van der Waals surface area contributed by atoms with Crippen molar-refractivity contribution >= 4 is 22.5 Å². The van der Waals surface area contributed by atoms with Gasteiger partial charge < -0.3 is 15.2 Å². The van der Waals surface area contributed by atoms with Crippen LogP contribution in [0.3, 0.4) is 0 Å². The van der Waals surface area contributed by atoms with E-state index in [1.165, 1.54) is 29.7 Å². The molecule has 1 amide bonds. The van der Waals surface area contributed by atoms with Crippen molar-refractivity contribution in [1.82, 2.24) is 9.88 Å². The summed E-state index contributed by atoms with van der Waals surface area (Å²) in [6.07, 6.45) is 5.21. The maximum Gasteiger partial charge on any atom is 0.221 e. The molecular weight excluding hydrogens is 365 g/mol. The van der Waals surface area contributed by atoms with Gasteiger partial charge in [0.1, 0.15) is 5.82 Å². The molecule has 0 radical (unpaired) electrons. The van der Waals surface area contributed by atoms with Crippen molar-refractivity contribution in [3.63, 3.8) is 0 Å². The molecule has 2 heterocycles. The molecule has 2 aromatic carbocycles. The van der Waals surface area contributed by atoms with E-state index in [0.29, 0.717) is 5.92 Å². The van der Waals surface area contributed by atoms with Crippen LogP contribution < -0.4 is 5.32 Å². The molecular formula is C24H28FN3O. The maximum atomic E-state index is 13.7. The first-order valence-corrected chi connectivity index (χ1v) is 10.4. The number of rotatable bonds is 5. The van der Waals surface area contributed by atoms with Gasteiger partial charge in [0, 0.05) is 36.3 Å². The van der Waals surface area contributed by atoms with E-state index in [4.69, 9.17) is 0 Å². The van der Waals surface area contributed by atoms with Crippen LogP contribution in [0, 0.1) is 12.7 Å². The first-order chi connectivity index (χ1) is 14.0. The summed E-state index contributed by atoms with van der Waals surface area (Å²) in [5, 5.41) is 3.89. The third-order valence-corrected chi connectivity index (χ3v) is 6.07. The number of likely N-dealkylation sites (tertiary alicyclic amines) is 1. The molecule has 5 heteroatoms. The summed E-state index contributed by atoms with van der Waals surface area (Å²) in [4.78, 5) is 17.1. The predicted octanol–water partition coefficient (Wildman–Crippen LogP) is 5.00. The second kappa shape index (κ2) is 8.37. The van der Waals surface area contributed by atoms with Crippen molar-refractivity contribution in [3.8, 4) is 0 Å². The summed E-state index contributed by atoms with van der Waals surface area (Å²) < 4.78 is 13.7. The van der Waals surface area contributed by atoms with Crippen LogP contribution >= 0.6 is 0 Å². The summed E-state index contributed by atoms with van der Waals surface area (Å²) >= 11 is 0. The fraction of sp³-hybridized carbons (Fsp3) is 0.375. The van der Waals surface area contributed by atoms with Gasteiger partial charge in [-0.3, -0.25) is 4.79 Å². The standard InChI is InChI=1S/C24H28FN3O/c1-16-3-5-21(27-17(2)29)13-19(16)9-12-28-10-7-18(8-11-28)23-15-26-24-6-4-20(25)14-22(23)24/h3-6,13-15,18,26H,7-12H2,1-2H3,(H,27,29). The minimum absolute atomic E-state index is 0.0426. The smallest absolute Gasteiger partial charge is 0.221 e. The molecule has 4 rings (SSSR count). The molecule has 1 saturated heterocycles. The molecule has 152 valence electrons. The molecule has 1 aromatic heterocycles. The number of fused-ring (bicyclic) bond motifs is 1. The Hall–Kier alpha value is -2.66. The summed E-state index contributed by atoms with van der Waals surface area (Å²) in [6.45, 7) is 6.77. The average molecular weight is 394 g/mol. The molecule has 1 fully saturated rings. The Morgan fingerprint density at radius 2 is 2.00 bits per heavy atom. The molecule has 1 aliphatic heterocycles. The number of carbonyl (C=O) groups excluding carboxylic acids is 1. The highest BCUT2D eigenvalue weighted by atomic mass is 19.1. The largest absolute Gasteiger partial charge is 0.361 e. The number of hydrogen-bond acceptors (Lipinski definition) is 2. The number of aromatic nitrogens is 1. The first kappa shape index (κ1) is 19.6. The zero-order valence-corrected chi connectivity index (χ0v) is 17.1. The van der Waals surface area contributed by atoms with E-state index in [2.05, 4.69) is 40.5 Å². The third-order valence-electron chi connectivity index (χ3n) is 6.07. The van der Waals surface area contributed by atoms with Crippen molar-refractivity contribution in [2.24, 2.45) is 0 Å². The number of aromatic amines is 1. The molecule has 0 aliphatic carbocycles. The van der Waals surface area contributed by atoms with E-state index in [1.807, 2.05) is 12.1 Å². The monoisotopic (exact) mass is 393 g/mol. The van der Waals surface area contributed by atoms with E-state index >= 15 is 0 Å². The lowest BCUT2D eigenvalue weighted by Gasteiger charge is -2.32. The van der Waals surface area contributed by atoms with Gasteiger partial charge in [0.15, 0.2) is 0 Å². The van der Waals surface area contributed by atoms with Gasteiger partial charge in [0.05, 0.1) is 0 Å². The molecule has 0 bridgehead atoms. The summed E-state index contributed by atoms with van der Waals surface area (Å²) in [5.41, 5.74) is 5.67. The SMILES string of the molecule is CC(=O)Nc1ccc(C)c(CCN2CCC(c3c[nH]c4ccc(F)cc34)CC2)c1. The van der Waals surface area contributed by atoms with Crippen molar-refractivity contribution in [1.29, 1.82) is 0 Å². The van der Waals surface area contributed by atoms with Crippen LogP contribution in [0.1, 0.15) is 42.4 Å². The fourth-order valence-electron chi connectivity index (χ4n) is 4.42. The topological polar surface area (TPSA) is 48.1 Å². The Labute approximate surface area is 171 Å². The van der Waals surface area contributed by atoms with Crippen molar-refractivity contribution in [3.05, 3.63) is 65.1 Å². The van der Waals surface area contributed by atoms with Crippen LogP contribution in [-0.2, 0) is 11.2 Å². The zero-order valence-electron chi connectivity index (χ0n) is 17.1. The van der Waals surface area contributed by atoms with Gasteiger partial charge in [-0.1, -0.05) is 6.07 Å². The molecule has 2 N–H and O–H groups in total. The average Bonchev–Trinajstić information content (AvgIpc) is 3.11. The number of aryl methyl sites for hydroxylation is 1. The van der Waals surface area contributed by atoms with E-state index in [0.717, 1.165) is 55.5 Å². The van der Waals surface area contributed by atoms with Crippen LogP contribution in [0.4, 0.5) is 10.1 Å². The molecule has 0 saturated carbocycles. The van der Waals surface area contributed by atoms with Crippen LogP contribution in [0.5, 0.6) is 0 Å². The number of H-pyrrole nitrogens is 1. The van der Waals surface area contributed by atoms with Gasteiger partial charge in [-0.25, -0.2) is 4.39 Å². The minimum atomic E-state index is -0.173. The van der Waals surface area contributed by atoms with Gasteiger partial charge in [0.25, 0.3) is 0 Å². The number of anilines is 1. The van der Waals surface area contributed by atoms with Gasteiger partial charge in [-0.15, -0.1) is 0 Å². The highest BCUT2D eigenvalue weighted by molar-refractivity contribution is 5.88. The van der Waals surface area contributed by atoms with E-state index in [9.17, 15) is 9.18 Å².